The molecule has 2 amide bonds. The lowest BCUT2D eigenvalue weighted by atomic mass is 10.1. The summed E-state index contributed by atoms with van der Waals surface area (Å²) in [6, 6.07) is 11.1. The van der Waals surface area contributed by atoms with Gasteiger partial charge in [-0.1, -0.05) is 18.2 Å². The highest BCUT2D eigenvalue weighted by atomic mass is 16.5. The minimum atomic E-state index is -0.272. The first-order chi connectivity index (χ1) is 13.3. The van der Waals surface area contributed by atoms with Crippen molar-refractivity contribution >= 4 is 23.6 Å². The van der Waals surface area contributed by atoms with Crippen LogP contribution in [0.5, 0.6) is 11.5 Å². The van der Waals surface area contributed by atoms with Crippen LogP contribution in [0.4, 0.5) is 5.69 Å². The summed E-state index contributed by atoms with van der Waals surface area (Å²) in [6.45, 7) is 3.90. The van der Waals surface area contributed by atoms with Crippen LogP contribution in [0.25, 0.3) is 6.08 Å². The second-order valence-corrected chi connectivity index (χ2v) is 6.44. The van der Waals surface area contributed by atoms with Crippen molar-refractivity contribution in [3.63, 3.8) is 0 Å². The van der Waals surface area contributed by atoms with Gasteiger partial charge in [0.25, 0.3) is 0 Å². The van der Waals surface area contributed by atoms with E-state index in [0.29, 0.717) is 11.5 Å². The molecule has 0 aliphatic rings. The van der Waals surface area contributed by atoms with Gasteiger partial charge in [-0.3, -0.25) is 9.59 Å². The van der Waals surface area contributed by atoms with E-state index in [4.69, 9.17) is 9.47 Å². The standard InChI is InChI=1S/C22H26N2O4/c1-15-7-6-8-18(16(15)2)23-21(25)14-24(3)22(26)12-10-17-9-11-19(27-4)20(13-17)28-5/h6-13H,14H2,1-5H3,(H,23,25)/b12-10+. The zero-order chi connectivity index (χ0) is 20.7. The number of amides is 2. The maximum atomic E-state index is 12.3. The molecule has 2 aromatic carbocycles. The molecule has 0 aromatic heterocycles. The Hall–Kier alpha value is -3.28. The number of hydrogen-bond acceptors (Lipinski definition) is 4. The average Bonchev–Trinajstić information content (AvgIpc) is 2.69. The van der Waals surface area contributed by atoms with Crippen LogP contribution in [0.15, 0.2) is 42.5 Å². The molecule has 0 saturated heterocycles. The van der Waals surface area contributed by atoms with Gasteiger partial charge in [-0.05, 0) is 54.8 Å². The molecule has 0 atom stereocenters. The highest BCUT2D eigenvalue weighted by Crippen LogP contribution is 2.28. The third-order valence-corrected chi connectivity index (χ3v) is 4.46. The predicted octanol–water partition coefficient (Wildman–Crippen LogP) is 3.43. The normalized spacial score (nSPS) is 10.6. The molecule has 0 unspecified atom stereocenters. The third-order valence-electron chi connectivity index (χ3n) is 4.46. The lowest BCUT2D eigenvalue weighted by molar-refractivity contribution is -0.129. The number of likely N-dealkylation sites (N-methyl/N-ethyl adjacent to an activating group) is 1. The van der Waals surface area contributed by atoms with Gasteiger partial charge in [0, 0.05) is 18.8 Å². The molecule has 0 bridgehead atoms. The molecule has 0 heterocycles. The summed E-state index contributed by atoms with van der Waals surface area (Å²) in [5.74, 6) is 0.680. The van der Waals surface area contributed by atoms with Gasteiger partial charge in [-0.25, -0.2) is 0 Å². The Morgan fingerprint density at radius 3 is 2.46 bits per heavy atom. The Labute approximate surface area is 165 Å². The summed E-state index contributed by atoms with van der Waals surface area (Å²) < 4.78 is 10.4. The van der Waals surface area contributed by atoms with Crippen molar-refractivity contribution in [3.05, 3.63) is 59.2 Å². The van der Waals surface area contributed by atoms with Crippen LogP contribution < -0.4 is 14.8 Å². The Morgan fingerprint density at radius 2 is 1.79 bits per heavy atom. The van der Waals surface area contributed by atoms with Gasteiger partial charge in [0.1, 0.15) is 0 Å². The second-order valence-electron chi connectivity index (χ2n) is 6.44. The van der Waals surface area contributed by atoms with E-state index in [2.05, 4.69) is 5.32 Å². The van der Waals surface area contributed by atoms with Gasteiger partial charge in [0.15, 0.2) is 11.5 Å². The van der Waals surface area contributed by atoms with Crippen molar-refractivity contribution in [2.75, 3.05) is 33.1 Å². The van der Waals surface area contributed by atoms with Crippen molar-refractivity contribution in [1.82, 2.24) is 4.90 Å². The van der Waals surface area contributed by atoms with Crippen LogP contribution in [0.1, 0.15) is 16.7 Å². The highest BCUT2D eigenvalue weighted by molar-refractivity contribution is 5.98. The first-order valence-corrected chi connectivity index (χ1v) is 8.87. The summed E-state index contributed by atoms with van der Waals surface area (Å²) in [5.41, 5.74) is 3.66. The second kappa shape index (κ2) is 9.60. The first-order valence-electron chi connectivity index (χ1n) is 8.87. The topological polar surface area (TPSA) is 67.9 Å². The SMILES string of the molecule is COc1ccc(/C=C/C(=O)N(C)CC(=O)Nc2cccc(C)c2C)cc1OC. The molecule has 0 aliphatic carbocycles. The minimum Gasteiger partial charge on any atom is -0.493 e. The number of carbonyl (C=O) groups is 2. The number of aryl methyl sites for hydroxylation is 1. The molecule has 0 fully saturated rings. The Kier molecular flexibility index (Phi) is 7.21. The quantitative estimate of drug-likeness (QED) is 0.745. The Morgan fingerprint density at radius 1 is 1.07 bits per heavy atom. The zero-order valence-corrected chi connectivity index (χ0v) is 16.9. The van der Waals surface area contributed by atoms with E-state index in [1.54, 1.807) is 39.5 Å². The smallest absolute Gasteiger partial charge is 0.246 e. The molecular formula is C22H26N2O4. The summed E-state index contributed by atoms with van der Waals surface area (Å²) in [7, 11) is 4.71. The number of methoxy groups -OCH3 is 2. The summed E-state index contributed by atoms with van der Waals surface area (Å²) >= 11 is 0. The van der Waals surface area contributed by atoms with Crippen molar-refractivity contribution in [2.45, 2.75) is 13.8 Å². The van der Waals surface area contributed by atoms with Crippen LogP contribution in [-0.2, 0) is 9.59 Å². The van der Waals surface area contributed by atoms with E-state index < -0.39 is 0 Å². The van der Waals surface area contributed by atoms with E-state index in [0.717, 1.165) is 22.4 Å². The van der Waals surface area contributed by atoms with Gasteiger partial charge in [-0.2, -0.15) is 0 Å². The molecule has 2 rings (SSSR count). The summed E-state index contributed by atoms with van der Waals surface area (Å²) in [6.07, 6.45) is 3.09. The minimum absolute atomic E-state index is 0.0392. The van der Waals surface area contributed by atoms with Gasteiger partial charge in [0.2, 0.25) is 11.8 Å². The number of hydrogen-bond donors (Lipinski definition) is 1. The molecule has 6 heteroatoms. The lowest BCUT2D eigenvalue weighted by Gasteiger charge is -2.16. The zero-order valence-electron chi connectivity index (χ0n) is 16.9. The predicted molar refractivity (Wildman–Crippen MR) is 111 cm³/mol. The van der Waals surface area contributed by atoms with Crippen molar-refractivity contribution in [2.24, 2.45) is 0 Å². The van der Waals surface area contributed by atoms with Gasteiger partial charge in [0.05, 0.1) is 20.8 Å². The summed E-state index contributed by atoms with van der Waals surface area (Å²) in [5, 5.41) is 2.85. The van der Waals surface area contributed by atoms with E-state index in [9.17, 15) is 9.59 Å². The molecule has 2 aromatic rings. The molecule has 6 nitrogen and oxygen atoms in total. The van der Waals surface area contributed by atoms with Crippen molar-refractivity contribution < 1.29 is 19.1 Å². The molecule has 0 aliphatic heterocycles. The molecule has 0 saturated carbocycles. The Bertz CT molecular complexity index is 890. The molecule has 1 N–H and O–H groups in total. The van der Waals surface area contributed by atoms with Crippen LogP contribution in [-0.4, -0.2) is 44.5 Å². The fraction of sp³-hybridized carbons (Fsp3) is 0.273. The van der Waals surface area contributed by atoms with Gasteiger partial charge >= 0.3 is 0 Å². The maximum Gasteiger partial charge on any atom is 0.246 e. The largest absolute Gasteiger partial charge is 0.493 e. The average molecular weight is 382 g/mol. The first kappa shape index (κ1) is 21.0. The van der Waals surface area contributed by atoms with E-state index in [1.165, 1.54) is 11.0 Å². The van der Waals surface area contributed by atoms with Crippen LogP contribution in [0.3, 0.4) is 0 Å². The number of rotatable bonds is 7. The number of nitrogens with one attached hydrogen (secondary N) is 1. The maximum absolute atomic E-state index is 12.3. The fourth-order valence-corrected chi connectivity index (χ4v) is 2.62. The van der Waals surface area contributed by atoms with Crippen molar-refractivity contribution in [1.29, 1.82) is 0 Å². The third kappa shape index (κ3) is 5.36. The number of anilines is 1. The molecule has 0 radical (unpaired) electrons. The monoisotopic (exact) mass is 382 g/mol. The van der Waals surface area contributed by atoms with Gasteiger partial charge in [-0.15, -0.1) is 0 Å². The lowest BCUT2D eigenvalue weighted by Crippen LogP contribution is -2.34. The van der Waals surface area contributed by atoms with Crippen LogP contribution in [0.2, 0.25) is 0 Å². The van der Waals surface area contributed by atoms with Crippen molar-refractivity contribution in [3.8, 4) is 11.5 Å². The van der Waals surface area contributed by atoms with E-state index in [1.807, 2.05) is 38.1 Å². The molecular weight excluding hydrogens is 356 g/mol. The number of nitrogens with zero attached hydrogens (tertiary/aromatic N) is 1. The highest BCUT2D eigenvalue weighted by Gasteiger charge is 2.12. The van der Waals surface area contributed by atoms with E-state index in [-0.39, 0.29) is 18.4 Å². The van der Waals surface area contributed by atoms with Crippen LogP contribution in [0, 0.1) is 13.8 Å². The summed E-state index contributed by atoms with van der Waals surface area (Å²) in [4.78, 5) is 25.9. The molecule has 0 spiro atoms. The number of carbonyl (C=O) groups excluding carboxylic acids is 2. The van der Waals surface area contributed by atoms with E-state index >= 15 is 0 Å². The fourth-order valence-electron chi connectivity index (χ4n) is 2.62. The molecule has 28 heavy (non-hydrogen) atoms. The Balaban J connectivity index is 1.97. The van der Waals surface area contributed by atoms with Crippen LogP contribution >= 0.6 is 0 Å². The van der Waals surface area contributed by atoms with Gasteiger partial charge < -0.3 is 19.7 Å². The number of ether oxygens (including phenoxy) is 2. The molecule has 148 valence electrons. The number of benzene rings is 2.